The van der Waals surface area contributed by atoms with E-state index in [0.29, 0.717) is 33.5 Å². The van der Waals surface area contributed by atoms with Crippen LogP contribution in [0.2, 0.25) is 0 Å². The number of nitrogens with zero attached hydrogens (tertiary/aromatic N) is 1. The number of imide groups is 1. The van der Waals surface area contributed by atoms with Crippen LogP contribution in [0, 0.1) is 0 Å². The van der Waals surface area contributed by atoms with Crippen molar-refractivity contribution in [3.05, 3.63) is 52.9 Å². The van der Waals surface area contributed by atoms with E-state index in [4.69, 9.17) is 18.9 Å². The second kappa shape index (κ2) is 9.38. The Hall–Kier alpha value is -3.13. The van der Waals surface area contributed by atoms with Crippen LogP contribution in [0.4, 0.5) is 4.79 Å². The lowest BCUT2D eigenvalue weighted by molar-refractivity contribution is -0.123. The van der Waals surface area contributed by atoms with Crippen molar-refractivity contribution in [3.63, 3.8) is 0 Å². The van der Waals surface area contributed by atoms with E-state index in [1.165, 1.54) is 12.0 Å². The lowest BCUT2D eigenvalue weighted by Crippen LogP contribution is -2.32. The molecule has 0 radical (unpaired) electrons. The first-order chi connectivity index (χ1) is 14.1. The van der Waals surface area contributed by atoms with E-state index < -0.39 is 0 Å². The number of methoxy groups -OCH3 is 3. The topological polar surface area (TPSA) is 74.3 Å². The number of para-hydroxylation sites is 2. The Morgan fingerprint density at radius 1 is 0.931 bits per heavy atom. The summed E-state index contributed by atoms with van der Waals surface area (Å²) in [6, 6.07) is 12.5. The Labute approximate surface area is 173 Å². The maximum Gasteiger partial charge on any atom is 0.293 e. The van der Waals surface area contributed by atoms with Crippen LogP contribution in [0.3, 0.4) is 0 Å². The van der Waals surface area contributed by atoms with Crippen molar-refractivity contribution < 1.29 is 28.5 Å². The highest BCUT2D eigenvalue weighted by Crippen LogP contribution is 2.35. The molecule has 3 rings (SSSR count). The molecule has 0 aromatic heterocycles. The van der Waals surface area contributed by atoms with Gasteiger partial charge in [0.15, 0.2) is 11.5 Å². The van der Waals surface area contributed by atoms with Crippen molar-refractivity contribution in [2.24, 2.45) is 0 Å². The monoisotopic (exact) mass is 415 g/mol. The molecule has 0 N–H and O–H groups in total. The fraction of sp³-hybridized carbons (Fsp3) is 0.238. The van der Waals surface area contributed by atoms with Crippen molar-refractivity contribution in [2.45, 2.75) is 0 Å². The average molecular weight is 415 g/mol. The number of amides is 2. The number of benzene rings is 2. The summed E-state index contributed by atoms with van der Waals surface area (Å²) in [5, 5.41) is -0.336. The second-order valence-electron chi connectivity index (χ2n) is 5.94. The van der Waals surface area contributed by atoms with Gasteiger partial charge in [-0.25, -0.2) is 0 Å². The minimum atomic E-state index is -0.360. The van der Waals surface area contributed by atoms with E-state index in [1.807, 2.05) is 12.1 Å². The summed E-state index contributed by atoms with van der Waals surface area (Å²) in [5.74, 6) is 1.98. The smallest absolute Gasteiger partial charge is 0.293 e. The highest BCUT2D eigenvalue weighted by atomic mass is 32.2. The molecule has 2 amide bonds. The predicted molar refractivity (Wildman–Crippen MR) is 111 cm³/mol. The van der Waals surface area contributed by atoms with Crippen LogP contribution in [0.25, 0.3) is 6.08 Å². The molecule has 0 unspecified atom stereocenters. The Morgan fingerprint density at radius 2 is 1.66 bits per heavy atom. The summed E-state index contributed by atoms with van der Waals surface area (Å²) in [4.78, 5) is 26.5. The Balaban J connectivity index is 1.69. The molecule has 2 aromatic rings. The third kappa shape index (κ3) is 4.65. The molecule has 1 aliphatic heterocycles. The lowest BCUT2D eigenvalue weighted by Gasteiger charge is -2.14. The normalized spacial score (nSPS) is 15.0. The lowest BCUT2D eigenvalue weighted by atomic mass is 10.1. The minimum Gasteiger partial charge on any atom is -0.497 e. The number of carbonyl (C=O) groups excluding carboxylic acids is 2. The Bertz CT molecular complexity index is 943. The average Bonchev–Trinajstić information content (AvgIpc) is 3.01. The summed E-state index contributed by atoms with van der Waals surface area (Å²) in [6.45, 7) is 0.303. The molecule has 152 valence electrons. The minimum absolute atomic E-state index is 0.139. The van der Waals surface area contributed by atoms with Crippen molar-refractivity contribution in [2.75, 3.05) is 34.5 Å². The van der Waals surface area contributed by atoms with Crippen LogP contribution < -0.4 is 18.9 Å². The maximum absolute atomic E-state index is 12.7. The third-order valence-electron chi connectivity index (χ3n) is 4.24. The first-order valence-corrected chi connectivity index (χ1v) is 9.62. The van der Waals surface area contributed by atoms with E-state index in [-0.39, 0.29) is 24.3 Å². The summed E-state index contributed by atoms with van der Waals surface area (Å²) in [7, 11) is 4.65. The van der Waals surface area contributed by atoms with Crippen molar-refractivity contribution in [1.29, 1.82) is 0 Å². The SMILES string of the molecule is COc1ccc(/C=C2\SC(=O)N(CCOc3ccccc3OC)C2=O)c(OC)c1. The fourth-order valence-electron chi connectivity index (χ4n) is 2.76. The van der Waals surface area contributed by atoms with Crippen molar-refractivity contribution >= 4 is 29.0 Å². The highest BCUT2D eigenvalue weighted by molar-refractivity contribution is 8.18. The Morgan fingerprint density at radius 3 is 2.34 bits per heavy atom. The van der Waals surface area contributed by atoms with E-state index in [1.54, 1.807) is 50.6 Å². The van der Waals surface area contributed by atoms with Crippen LogP contribution >= 0.6 is 11.8 Å². The molecule has 0 atom stereocenters. The highest BCUT2D eigenvalue weighted by Gasteiger charge is 2.35. The molecule has 1 heterocycles. The van der Waals surface area contributed by atoms with Gasteiger partial charge in [0, 0.05) is 11.6 Å². The zero-order chi connectivity index (χ0) is 20.8. The second-order valence-corrected chi connectivity index (χ2v) is 6.93. The van der Waals surface area contributed by atoms with Gasteiger partial charge >= 0.3 is 0 Å². The number of hydrogen-bond acceptors (Lipinski definition) is 7. The molecule has 0 saturated carbocycles. The number of hydrogen-bond donors (Lipinski definition) is 0. The van der Waals surface area contributed by atoms with Gasteiger partial charge in [-0.3, -0.25) is 14.5 Å². The quantitative estimate of drug-likeness (QED) is 0.607. The summed E-state index contributed by atoms with van der Waals surface area (Å²) in [6.07, 6.45) is 1.64. The van der Waals surface area contributed by atoms with Crippen LogP contribution in [-0.2, 0) is 4.79 Å². The molecule has 29 heavy (non-hydrogen) atoms. The Kier molecular flexibility index (Phi) is 6.66. The van der Waals surface area contributed by atoms with E-state index >= 15 is 0 Å². The molecule has 2 aromatic carbocycles. The van der Waals surface area contributed by atoms with Gasteiger partial charge in [0.25, 0.3) is 11.1 Å². The van der Waals surface area contributed by atoms with Gasteiger partial charge in [-0.2, -0.15) is 0 Å². The van der Waals surface area contributed by atoms with Crippen LogP contribution in [0.5, 0.6) is 23.0 Å². The van der Waals surface area contributed by atoms with Crippen molar-refractivity contribution in [1.82, 2.24) is 4.90 Å². The van der Waals surface area contributed by atoms with Gasteiger partial charge in [-0.1, -0.05) is 12.1 Å². The van der Waals surface area contributed by atoms with E-state index in [2.05, 4.69) is 0 Å². The number of ether oxygens (including phenoxy) is 4. The third-order valence-corrected chi connectivity index (χ3v) is 5.15. The zero-order valence-electron chi connectivity index (χ0n) is 16.3. The fourth-order valence-corrected chi connectivity index (χ4v) is 3.61. The van der Waals surface area contributed by atoms with Gasteiger partial charge in [-0.15, -0.1) is 0 Å². The molecule has 1 fully saturated rings. The number of rotatable bonds is 8. The summed E-state index contributed by atoms with van der Waals surface area (Å²) in [5.41, 5.74) is 0.684. The summed E-state index contributed by atoms with van der Waals surface area (Å²) >= 11 is 0.891. The van der Waals surface area contributed by atoms with Gasteiger partial charge in [-0.05, 0) is 42.1 Å². The van der Waals surface area contributed by atoms with Crippen molar-refractivity contribution in [3.8, 4) is 23.0 Å². The molecule has 0 bridgehead atoms. The molecule has 8 heteroatoms. The molecule has 0 aliphatic carbocycles. The van der Waals surface area contributed by atoms with Crippen LogP contribution in [-0.4, -0.2) is 50.5 Å². The van der Waals surface area contributed by atoms with E-state index in [0.717, 1.165) is 11.8 Å². The molecule has 1 aliphatic rings. The molecule has 1 saturated heterocycles. The molecular weight excluding hydrogens is 394 g/mol. The van der Waals surface area contributed by atoms with Gasteiger partial charge in [0.2, 0.25) is 0 Å². The summed E-state index contributed by atoms with van der Waals surface area (Å²) < 4.78 is 21.4. The van der Waals surface area contributed by atoms with Gasteiger partial charge in [0.1, 0.15) is 18.1 Å². The first kappa shape index (κ1) is 20.6. The largest absolute Gasteiger partial charge is 0.497 e. The molecule has 0 spiro atoms. The maximum atomic E-state index is 12.7. The number of carbonyl (C=O) groups is 2. The standard InChI is InChI=1S/C21H21NO6S/c1-25-15-9-8-14(18(13-15)27-3)12-19-20(23)22(21(24)29-19)10-11-28-17-7-5-4-6-16(17)26-2/h4-9,12-13H,10-11H2,1-3H3/b19-12-. The predicted octanol–water partition coefficient (Wildman–Crippen LogP) is 3.83. The number of thioether (sulfide) groups is 1. The van der Waals surface area contributed by atoms with Crippen LogP contribution in [0.15, 0.2) is 47.4 Å². The first-order valence-electron chi connectivity index (χ1n) is 8.80. The van der Waals surface area contributed by atoms with Gasteiger partial charge in [0.05, 0.1) is 32.8 Å². The zero-order valence-corrected chi connectivity index (χ0v) is 17.2. The van der Waals surface area contributed by atoms with E-state index in [9.17, 15) is 9.59 Å². The van der Waals surface area contributed by atoms with Crippen LogP contribution in [0.1, 0.15) is 5.56 Å². The molecule has 7 nitrogen and oxygen atoms in total. The van der Waals surface area contributed by atoms with Gasteiger partial charge < -0.3 is 18.9 Å². The molecular formula is C21H21NO6S.